The number of nitrogens with zero attached hydrogens (tertiary/aromatic N) is 1. The van der Waals surface area contributed by atoms with Crippen molar-refractivity contribution in [3.63, 3.8) is 0 Å². The minimum absolute atomic E-state index is 0.0782. The van der Waals surface area contributed by atoms with Crippen LogP contribution in [0.2, 0.25) is 0 Å². The van der Waals surface area contributed by atoms with Crippen molar-refractivity contribution in [1.29, 1.82) is 0 Å². The summed E-state index contributed by atoms with van der Waals surface area (Å²) >= 11 is 0. The Balaban J connectivity index is 2.51. The number of carbonyl (C=O) groups is 2. The molecule has 0 radical (unpaired) electrons. The van der Waals surface area contributed by atoms with Gasteiger partial charge >= 0.3 is 11.9 Å². The SMILES string of the molecule is O=C(O)C=Cc1ccc2[nH]nc(C(=O)O)c2c1. The molecule has 6 heteroatoms. The van der Waals surface area contributed by atoms with Crippen LogP contribution in [0, 0.1) is 0 Å². The zero-order valence-electron chi connectivity index (χ0n) is 8.54. The van der Waals surface area contributed by atoms with Gasteiger partial charge in [-0.05, 0) is 23.8 Å². The topological polar surface area (TPSA) is 103 Å². The van der Waals surface area contributed by atoms with Crippen LogP contribution in [0.1, 0.15) is 16.1 Å². The molecule has 0 amide bonds. The fourth-order valence-electron chi connectivity index (χ4n) is 1.47. The molecule has 17 heavy (non-hydrogen) atoms. The first-order valence-electron chi connectivity index (χ1n) is 4.70. The van der Waals surface area contributed by atoms with Crippen LogP contribution in [0.3, 0.4) is 0 Å². The zero-order valence-corrected chi connectivity index (χ0v) is 8.54. The first kappa shape index (κ1) is 10.9. The highest BCUT2D eigenvalue weighted by atomic mass is 16.4. The van der Waals surface area contributed by atoms with Gasteiger partial charge in [-0.2, -0.15) is 5.10 Å². The molecule has 1 aromatic heterocycles. The number of aromatic amines is 1. The van der Waals surface area contributed by atoms with Gasteiger partial charge < -0.3 is 10.2 Å². The van der Waals surface area contributed by atoms with Crippen molar-refractivity contribution in [1.82, 2.24) is 10.2 Å². The van der Waals surface area contributed by atoms with Gasteiger partial charge in [0.25, 0.3) is 0 Å². The molecule has 0 spiro atoms. The highest BCUT2D eigenvalue weighted by molar-refractivity contribution is 6.01. The van der Waals surface area contributed by atoms with E-state index < -0.39 is 11.9 Å². The Kier molecular flexibility index (Phi) is 2.61. The van der Waals surface area contributed by atoms with Crippen LogP contribution < -0.4 is 0 Å². The van der Waals surface area contributed by atoms with Crippen LogP contribution in [0.5, 0.6) is 0 Å². The lowest BCUT2D eigenvalue weighted by molar-refractivity contribution is -0.131. The number of aliphatic carboxylic acids is 1. The smallest absolute Gasteiger partial charge is 0.357 e. The second kappa shape index (κ2) is 4.09. The van der Waals surface area contributed by atoms with E-state index in [1.807, 2.05) is 0 Å². The van der Waals surface area contributed by atoms with Crippen molar-refractivity contribution < 1.29 is 19.8 Å². The predicted molar refractivity (Wildman–Crippen MR) is 59.7 cm³/mol. The molecule has 0 saturated heterocycles. The summed E-state index contributed by atoms with van der Waals surface area (Å²) in [6, 6.07) is 4.89. The van der Waals surface area contributed by atoms with Gasteiger partial charge in [-0.25, -0.2) is 9.59 Å². The third-order valence-electron chi connectivity index (χ3n) is 2.21. The van der Waals surface area contributed by atoms with Crippen LogP contribution in [0.4, 0.5) is 0 Å². The summed E-state index contributed by atoms with van der Waals surface area (Å²) in [5, 5.41) is 24.1. The standard InChI is InChI=1S/C11H8N2O4/c14-9(15)4-2-6-1-3-8-7(5-6)10(11(16)17)13-12-8/h1-5H,(H,12,13)(H,14,15)(H,16,17). The molecule has 3 N–H and O–H groups in total. The summed E-state index contributed by atoms with van der Waals surface area (Å²) in [5.74, 6) is -2.19. The fourth-order valence-corrected chi connectivity index (χ4v) is 1.47. The monoisotopic (exact) mass is 232 g/mol. The number of aromatic nitrogens is 2. The molecule has 0 bridgehead atoms. The normalized spacial score (nSPS) is 11.1. The minimum atomic E-state index is -1.13. The van der Waals surface area contributed by atoms with E-state index in [1.54, 1.807) is 18.2 Å². The second-order valence-electron chi connectivity index (χ2n) is 3.35. The summed E-state index contributed by atoms with van der Waals surface area (Å²) < 4.78 is 0. The molecule has 0 atom stereocenters. The molecule has 0 aliphatic rings. The molecule has 2 aromatic rings. The average molecular weight is 232 g/mol. The first-order valence-corrected chi connectivity index (χ1v) is 4.70. The van der Waals surface area contributed by atoms with Crippen LogP contribution in [0.25, 0.3) is 17.0 Å². The van der Waals surface area contributed by atoms with Gasteiger partial charge in [-0.15, -0.1) is 0 Å². The number of carboxylic acids is 2. The predicted octanol–water partition coefficient (Wildman–Crippen LogP) is 1.36. The van der Waals surface area contributed by atoms with Gasteiger partial charge in [0.15, 0.2) is 5.69 Å². The van der Waals surface area contributed by atoms with E-state index in [0.717, 1.165) is 6.08 Å². The van der Waals surface area contributed by atoms with Crippen molar-refractivity contribution in [3.05, 3.63) is 35.5 Å². The number of benzene rings is 1. The lowest BCUT2D eigenvalue weighted by Crippen LogP contribution is -1.96. The number of hydrogen-bond acceptors (Lipinski definition) is 3. The van der Waals surface area contributed by atoms with E-state index >= 15 is 0 Å². The maximum Gasteiger partial charge on any atom is 0.357 e. The van der Waals surface area contributed by atoms with Crippen LogP contribution in [-0.2, 0) is 4.79 Å². The lowest BCUT2D eigenvalue weighted by atomic mass is 10.1. The highest BCUT2D eigenvalue weighted by Gasteiger charge is 2.12. The van der Waals surface area contributed by atoms with E-state index in [-0.39, 0.29) is 5.69 Å². The number of H-pyrrole nitrogens is 1. The quantitative estimate of drug-likeness (QED) is 0.693. The number of rotatable bonds is 3. The Morgan fingerprint density at radius 3 is 2.71 bits per heavy atom. The Morgan fingerprint density at radius 2 is 2.06 bits per heavy atom. The lowest BCUT2D eigenvalue weighted by Gasteiger charge is -1.94. The Labute approximate surface area is 95.2 Å². The van der Waals surface area contributed by atoms with E-state index in [9.17, 15) is 9.59 Å². The molecule has 86 valence electrons. The maximum absolute atomic E-state index is 10.9. The van der Waals surface area contributed by atoms with Crippen molar-refractivity contribution in [3.8, 4) is 0 Å². The summed E-state index contributed by atoms with van der Waals surface area (Å²) in [5.41, 5.74) is 1.12. The van der Waals surface area contributed by atoms with Crippen molar-refractivity contribution in [2.75, 3.05) is 0 Å². The van der Waals surface area contributed by atoms with E-state index in [0.29, 0.717) is 16.5 Å². The van der Waals surface area contributed by atoms with E-state index in [4.69, 9.17) is 10.2 Å². The summed E-state index contributed by atoms with van der Waals surface area (Å²) in [7, 11) is 0. The molecule has 1 aromatic carbocycles. The third kappa shape index (κ3) is 2.15. The van der Waals surface area contributed by atoms with Crippen molar-refractivity contribution in [2.24, 2.45) is 0 Å². The van der Waals surface area contributed by atoms with Crippen LogP contribution in [0.15, 0.2) is 24.3 Å². The van der Waals surface area contributed by atoms with Gasteiger partial charge in [0.2, 0.25) is 0 Å². The number of fused-ring (bicyclic) bond motifs is 1. The molecule has 1 heterocycles. The second-order valence-corrected chi connectivity index (χ2v) is 3.35. The fraction of sp³-hybridized carbons (Fsp3) is 0. The largest absolute Gasteiger partial charge is 0.478 e. The summed E-state index contributed by atoms with van der Waals surface area (Å²) in [4.78, 5) is 21.2. The third-order valence-corrected chi connectivity index (χ3v) is 2.21. The maximum atomic E-state index is 10.9. The summed E-state index contributed by atoms with van der Waals surface area (Å²) in [6.45, 7) is 0. The molecule has 0 unspecified atom stereocenters. The Hall–Kier alpha value is -2.63. The molecule has 6 nitrogen and oxygen atoms in total. The van der Waals surface area contributed by atoms with Crippen LogP contribution >= 0.6 is 0 Å². The Morgan fingerprint density at radius 1 is 1.29 bits per heavy atom. The van der Waals surface area contributed by atoms with Gasteiger partial charge in [0, 0.05) is 11.5 Å². The van der Waals surface area contributed by atoms with Gasteiger partial charge in [0.05, 0.1) is 5.52 Å². The van der Waals surface area contributed by atoms with Gasteiger partial charge in [0.1, 0.15) is 0 Å². The van der Waals surface area contributed by atoms with E-state index in [1.165, 1.54) is 6.08 Å². The van der Waals surface area contributed by atoms with E-state index in [2.05, 4.69) is 10.2 Å². The van der Waals surface area contributed by atoms with Gasteiger partial charge in [-0.1, -0.05) is 6.07 Å². The Bertz CT molecular complexity index is 627. The average Bonchev–Trinajstić information content (AvgIpc) is 2.69. The van der Waals surface area contributed by atoms with Crippen molar-refractivity contribution >= 4 is 28.9 Å². The number of aromatic carboxylic acids is 1. The molecular weight excluding hydrogens is 224 g/mol. The van der Waals surface area contributed by atoms with Crippen LogP contribution in [-0.4, -0.2) is 32.3 Å². The molecule has 0 aliphatic heterocycles. The molecule has 0 fully saturated rings. The first-order chi connectivity index (χ1) is 8.08. The number of hydrogen-bond donors (Lipinski definition) is 3. The molecule has 0 aliphatic carbocycles. The summed E-state index contributed by atoms with van der Waals surface area (Å²) in [6.07, 6.45) is 2.38. The zero-order chi connectivity index (χ0) is 12.4. The highest BCUT2D eigenvalue weighted by Crippen LogP contribution is 2.18. The number of carboxylic acid groups (broad SMARTS) is 2. The van der Waals surface area contributed by atoms with Crippen molar-refractivity contribution in [2.45, 2.75) is 0 Å². The minimum Gasteiger partial charge on any atom is -0.478 e. The molecule has 0 saturated carbocycles. The molecule has 2 rings (SSSR count). The molecular formula is C11H8N2O4. The van der Waals surface area contributed by atoms with Gasteiger partial charge in [-0.3, -0.25) is 5.10 Å². The number of nitrogens with one attached hydrogen (secondary N) is 1.